The highest BCUT2D eigenvalue weighted by Crippen LogP contribution is 2.21. The molecular weight excluding hydrogens is 276 g/mol. The number of benzene rings is 2. The van der Waals surface area contributed by atoms with E-state index in [2.05, 4.69) is 62.3 Å². The van der Waals surface area contributed by atoms with Crippen LogP contribution in [0.15, 0.2) is 53.3 Å². The highest BCUT2D eigenvalue weighted by atomic mass is 79.9. The Morgan fingerprint density at radius 1 is 1.06 bits per heavy atom. The van der Waals surface area contributed by atoms with Crippen molar-refractivity contribution in [3.05, 3.63) is 64.7 Å². The monoisotopic (exact) mass is 286 g/mol. The predicted molar refractivity (Wildman–Crippen MR) is 73.0 cm³/mol. The Hall–Kier alpha value is -1.61. The third kappa shape index (κ3) is 2.24. The van der Waals surface area contributed by atoms with Gasteiger partial charge in [-0.15, -0.1) is 0 Å². The molecule has 1 aromatic heterocycles. The predicted octanol–water partition coefficient (Wildman–Crippen LogP) is 3.92. The van der Waals surface area contributed by atoms with Crippen molar-refractivity contribution in [1.29, 1.82) is 0 Å². The third-order valence-corrected chi connectivity index (χ3v) is 3.29. The van der Waals surface area contributed by atoms with Crippen molar-refractivity contribution in [2.45, 2.75) is 6.42 Å². The zero-order valence-electron chi connectivity index (χ0n) is 9.15. The molecule has 0 amide bonds. The molecule has 0 fully saturated rings. The summed E-state index contributed by atoms with van der Waals surface area (Å²) < 4.78 is 1.11. The summed E-state index contributed by atoms with van der Waals surface area (Å²) in [5, 5.41) is 2.51. The summed E-state index contributed by atoms with van der Waals surface area (Å²) in [7, 11) is 0. The molecule has 3 heteroatoms. The van der Waals surface area contributed by atoms with Crippen LogP contribution in [0, 0.1) is 0 Å². The van der Waals surface area contributed by atoms with E-state index < -0.39 is 0 Å². The lowest BCUT2D eigenvalue weighted by Crippen LogP contribution is -1.90. The molecule has 0 atom stereocenters. The molecule has 1 N–H and O–H groups in total. The van der Waals surface area contributed by atoms with Crippen molar-refractivity contribution in [3.63, 3.8) is 0 Å². The molecule has 0 radical (unpaired) electrons. The Balaban J connectivity index is 1.99. The lowest BCUT2D eigenvalue weighted by atomic mass is 10.1. The van der Waals surface area contributed by atoms with Gasteiger partial charge in [0.2, 0.25) is 0 Å². The first kappa shape index (κ1) is 10.5. The molecule has 2 aromatic carbocycles. The van der Waals surface area contributed by atoms with Crippen LogP contribution in [0.4, 0.5) is 0 Å². The minimum absolute atomic E-state index is 0.846. The smallest absolute Gasteiger partial charge is 0.110 e. The van der Waals surface area contributed by atoms with Gasteiger partial charge >= 0.3 is 0 Å². The Bertz CT molecular complexity index is 644. The molecule has 1 heterocycles. The van der Waals surface area contributed by atoms with E-state index >= 15 is 0 Å². The molecule has 0 aliphatic heterocycles. The Labute approximate surface area is 108 Å². The van der Waals surface area contributed by atoms with Gasteiger partial charge in [0.1, 0.15) is 5.82 Å². The summed E-state index contributed by atoms with van der Waals surface area (Å²) in [5.74, 6) is 1.00. The normalized spacial score (nSPS) is 10.9. The number of H-pyrrole nitrogens is 1. The van der Waals surface area contributed by atoms with Crippen molar-refractivity contribution in [2.75, 3.05) is 0 Å². The zero-order valence-corrected chi connectivity index (χ0v) is 10.7. The van der Waals surface area contributed by atoms with Gasteiger partial charge in [-0.2, -0.15) is 0 Å². The average molecular weight is 287 g/mol. The van der Waals surface area contributed by atoms with Crippen LogP contribution in [-0.2, 0) is 6.42 Å². The molecule has 0 aliphatic rings. The van der Waals surface area contributed by atoms with Gasteiger partial charge in [-0.25, -0.2) is 4.98 Å². The molecule has 0 saturated heterocycles. The Morgan fingerprint density at radius 2 is 1.88 bits per heavy atom. The molecule has 2 nitrogen and oxygen atoms in total. The van der Waals surface area contributed by atoms with Gasteiger partial charge in [0.05, 0.1) is 0 Å². The number of nitrogens with zero attached hydrogens (tertiary/aromatic N) is 1. The maximum Gasteiger partial charge on any atom is 0.110 e. The van der Waals surface area contributed by atoms with E-state index in [0.29, 0.717) is 0 Å². The first-order valence-corrected chi connectivity index (χ1v) is 6.27. The summed E-state index contributed by atoms with van der Waals surface area (Å²) in [6, 6.07) is 12.8. The quantitative estimate of drug-likeness (QED) is 0.760. The molecular formula is C14H11BrN2. The first-order chi connectivity index (χ1) is 8.31. The fourth-order valence-corrected chi connectivity index (χ4v) is 2.34. The van der Waals surface area contributed by atoms with E-state index in [1.54, 1.807) is 6.20 Å². The van der Waals surface area contributed by atoms with Crippen LogP contribution in [0.3, 0.4) is 0 Å². The third-order valence-electron chi connectivity index (χ3n) is 2.79. The number of halogens is 1. The van der Waals surface area contributed by atoms with E-state index in [-0.39, 0.29) is 0 Å². The van der Waals surface area contributed by atoms with Crippen LogP contribution in [0.2, 0.25) is 0 Å². The largest absolute Gasteiger partial charge is 0.348 e. The molecule has 0 unspecified atom stereocenters. The van der Waals surface area contributed by atoms with Gasteiger partial charge in [-0.05, 0) is 28.5 Å². The summed E-state index contributed by atoms with van der Waals surface area (Å²) in [4.78, 5) is 7.37. The molecule has 84 valence electrons. The first-order valence-electron chi connectivity index (χ1n) is 5.48. The highest BCUT2D eigenvalue weighted by Gasteiger charge is 2.00. The van der Waals surface area contributed by atoms with Crippen molar-refractivity contribution >= 4 is 26.7 Å². The number of aromatic amines is 1. The molecule has 0 saturated carbocycles. The van der Waals surface area contributed by atoms with E-state index in [0.717, 1.165) is 16.7 Å². The standard InChI is InChI=1S/C14H11BrN2/c15-13-4-3-11-7-10(1-2-12(11)9-13)8-14-16-5-6-17-14/h1-7,9H,8H2,(H,16,17). The van der Waals surface area contributed by atoms with Crippen LogP contribution in [-0.4, -0.2) is 9.97 Å². The number of imidazole rings is 1. The summed E-state index contributed by atoms with van der Waals surface area (Å²) in [6.07, 6.45) is 4.49. The molecule has 17 heavy (non-hydrogen) atoms. The average Bonchev–Trinajstić information content (AvgIpc) is 2.82. The number of rotatable bonds is 2. The van der Waals surface area contributed by atoms with Gasteiger partial charge in [0.15, 0.2) is 0 Å². The second kappa shape index (κ2) is 4.34. The summed E-state index contributed by atoms with van der Waals surface area (Å²) >= 11 is 3.48. The molecule has 0 bridgehead atoms. The number of hydrogen-bond donors (Lipinski definition) is 1. The van der Waals surface area contributed by atoms with Gasteiger partial charge in [0.25, 0.3) is 0 Å². The number of fused-ring (bicyclic) bond motifs is 1. The van der Waals surface area contributed by atoms with Crippen LogP contribution >= 0.6 is 15.9 Å². The second-order valence-electron chi connectivity index (χ2n) is 4.04. The van der Waals surface area contributed by atoms with E-state index in [1.807, 2.05) is 6.20 Å². The number of hydrogen-bond acceptors (Lipinski definition) is 1. The Kier molecular flexibility index (Phi) is 2.69. The van der Waals surface area contributed by atoms with E-state index in [4.69, 9.17) is 0 Å². The second-order valence-corrected chi connectivity index (χ2v) is 4.95. The zero-order chi connectivity index (χ0) is 11.7. The summed E-state index contributed by atoms with van der Waals surface area (Å²) in [5.41, 5.74) is 1.27. The van der Waals surface area contributed by atoms with Crippen LogP contribution in [0.1, 0.15) is 11.4 Å². The number of aromatic nitrogens is 2. The van der Waals surface area contributed by atoms with Crippen molar-refractivity contribution < 1.29 is 0 Å². The van der Waals surface area contributed by atoms with Gasteiger partial charge < -0.3 is 4.98 Å². The SMILES string of the molecule is Brc1ccc2cc(Cc3ncc[nH]3)ccc2c1. The molecule has 0 spiro atoms. The molecule has 0 aliphatic carbocycles. The molecule has 3 rings (SSSR count). The van der Waals surface area contributed by atoms with E-state index in [1.165, 1.54) is 16.3 Å². The Morgan fingerprint density at radius 3 is 2.71 bits per heavy atom. The van der Waals surface area contributed by atoms with Crippen molar-refractivity contribution in [1.82, 2.24) is 9.97 Å². The van der Waals surface area contributed by atoms with Crippen LogP contribution < -0.4 is 0 Å². The lowest BCUT2D eigenvalue weighted by Gasteiger charge is -2.03. The number of nitrogens with one attached hydrogen (secondary N) is 1. The van der Waals surface area contributed by atoms with Gasteiger partial charge in [-0.3, -0.25) is 0 Å². The van der Waals surface area contributed by atoms with Gasteiger partial charge in [0, 0.05) is 23.3 Å². The van der Waals surface area contributed by atoms with Crippen molar-refractivity contribution in [3.8, 4) is 0 Å². The maximum atomic E-state index is 4.24. The van der Waals surface area contributed by atoms with Gasteiger partial charge in [-0.1, -0.05) is 40.2 Å². The topological polar surface area (TPSA) is 28.7 Å². The lowest BCUT2D eigenvalue weighted by molar-refractivity contribution is 1.03. The van der Waals surface area contributed by atoms with Crippen LogP contribution in [0.5, 0.6) is 0 Å². The van der Waals surface area contributed by atoms with E-state index in [9.17, 15) is 0 Å². The highest BCUT2D eigenvalue weighted by molar-refractivity contribution is 9.10. The minimum Gasteiger partial charge on any atom is -0.348 e. The molecule has 3 aromatic rings. The fourth-order valence-electron chi connectivity index (χ4n) is 1.96. The maximum absolute atomic E-state index is 4.24. The van der Waals surface area contributed by atoms with Crippen molar-refractivity contribution in [2.24, 2.45) is 0 Å². The minimum atomic E-state index is 0.846. The van der Waals surface area contributed by atoms with Crippen LogP contribution in [0.25, 0.3) is 10.8 Å². The fraction of sp³-hybridized carbons (Fsp3) is 0.0714. The summed E-state index contributed by atoms with van der Waals surface area (Å²) in [6.45, 7) is 0.